The van der Waals surface area contributed by atoms with Gasteiger partial charge in [-0.2, -0.15) is 4.80 Å². The molecule has 0 aliphatic rings. The van der Waals surface area contributed by atoms with E-state index in [1.165, 1.54) is 0 Å². The van der Waals surface area contributed by atoms with Crippen molar-refractivity contribution in [3.63, 3.8) is 0 Å². The summed E-state index contributed by atoms with van der Waals surface area (Å²) in [6.45, 7) is 1.93. The first-order valence-electron chi connectivity index (χ1n) is 10.6. The van der Waals surface area contributed by atoms with Gasteiger partial charge in [0.05, 0.1) is 29.9 Å². The minimum absolute atomic E-state index is 0.270. The molecule has 8 heteroatoms. The van der Waals surface area contributed by atoms with Gasteiger partial charge in [0.1, 0.15) is 22.5 Å². The lowest BCUT2D eigenvalue weighted by atomic mass is 10.0. The van der Waals surface area contributed by atoms with Crippen LogP contribution >= 0.6 is 15.9 Å². The Kier molecular flexibility index (Phi) is 5.67. The van der Waals surface area contributed by atoms with Crippen molar-refractivity contribution in [2.45, 2.75) is 6.92 Å². The molecule has 0 aliphatic carbocycles. The summed E-state index contributed by atoms with van der Waals surface area (Å²) < 4.78 is 11.5. The number of aromatic nitrogens is 3. The van der Waals surface area contributed by atoms with Crippen molar-refractivity contribution in [2.24, 2.45) is 0 Å². The number of aryl methyl sites for hydroxylation is 1. The van der Waals surface area contributed by atoms with Crippen molar-refractivity contribution >= 4 is 49.3 Å². The third kappa shape index (κ3) is 3.86. The monoisotopic (exact) mass is 516 g/mol. The van der Waals surface area contributed by atoms with Gasteiger partial charge < -0.3 is 14.8 Å². The van der Waals surface area contributed by atoms with Crippen LogP contribution in [-0.2, 0) is 0 Å². The largest absolute Gasteiger partial charge is 0.497 e. The van der Waals surface area contributed by atoms with Gasteiger partial charge in [-0.3, -0.25) is 4.79 Å². The Balaban J connectivity index is 1.50. The van der Waals surface area contributed by atoms with Crippen molar-refractivity contribution in [1.82, 2.24) is 15.0 Å². The summed E-state index contributed by atoms with van der Waals surface area (Å²) in [5.41, 5.74) is 4.19. The third-order valence-corrected chi connectivity index (χ3v) is 6.46. The van der Waals surface area contributed by atoms with Gasteiger partial charge in [-0.15, -0.1) is 10.2 Å². The first kappa shape index (κ1) is 21.9. The van der Waals surface area contributed by atoms with E-state index in [1.807, 2.05) is 73.7 Å². The molecule has 1 aromatic heterocycles. The fraction of sp³-hybridized carbons (Fsp3) is 0.115. The second-order valence-electron chi connectivity index (χ2n) is 7.79. The van der Waals surface area contributed by atoms with Gasteiger partial charge in [0, 0.05) is 5.69 Å². The van der Waals surface area contributed by atoms with Crippen molar-refractivity contribution in [1.29, 1.82) is 0 Å². The normalized spacial score (nSPS) is 11.1. The number of amides is 1. The van der Waals surface area contributed by atoms with Crippen LogP contribution in [0.15, 0.2) is 71.2 Å². The molecule has 0 radical (unpaired) electrons. The van der Waals surface area contributed by atoms with Gasteiger partial charge in [0.2, 0.25) is 0 Å². The van der Waals surface area contributed by atoms with Crippen molar-refractivity contribution in [3.8, 4) is 17.2 Å². The Hall–Kier alpha value is -3.91. The number of nitrogens with one attached hydrogen (secondary N) is 1. The van der Waals surface area contributed by atoms with Crippen LogP contribution in [0.4, 0.5) is 5.69 Å². The van der Waals surface area contributed by atoms with Crippen LogP contribution in [0, 0.1) is 6.92 Å². The zero-order valence-electron chi connectivity index (χ0n) is 18.8. The highest BCUT2D eigenvalue weighted by Crippen LogP contribution is 2.37. The van der Waals surface area contributed by atoms with Gasteiger partial charge in [0.15, 0.2) is 0 Å². The zero-order valence-corrected chi connectivity index (χ0v) is 20.4. The highest BCUT2D eigenvalue weighted by Gasteiger charge is 2.19. The minimum atomic E-state index is -0.270. The smallest absolute Gasteiger partial charge is 0.259 e. The van der Waals surface area contributed by atoms with Crippen molar-refractivity contribution in [3.05, 3.63) is 82.3 Å². The molecule has 0 atom stereocenters. The number of methoxy groups -OCH3 is 2. The quantitative estimate of drug-likeness (QED) is 0.314. The number of hydrogen-bond acceptors (Lipinski definition) is 5. The maximum absolute atomic E-state index is 13.3. The Morgan fingerprint density at radius 1 is 0.941 bits per heavy atom. The molecule has 34 heavy (non-hydrogen) atoms. The van der Waals surface area contributed by atoms with Gasteiger partial charge in [-0.1, -0.05) is 24.3 Å². The molecule has 170 valence electrons. The summed E-state index contributed by atoms with van der Waals surface area (Å²) >= 11 is 3.59. The highest BCUT2D eigenvalue weighted by atomic mass is 79.9. The molecule has 1 N–H and O–H groups in total. The number of ether oxygens (including phenoxy) is 2. The Bertz CT molecular complexity index is 1540. The summed E-state index contributed by atoms with van der Waals surface area (Å²) in [4.78, 5) is 14.9. The van der Waals surface area contributed by atoms with E-state index in [4.69, 9.17) is 9.47 Å². The van der Waals surface area contributed by atoms with Gasteiger partial charge in [-0.25, -0.2) is 0 Å². The summed E-state index contributed by atoms with van der Waals surface area (Å²) in [6, 6.07) is 20.9. The molecule has 0 saturated carbocycles. The number of carbonyl (C=O) groups is 1. The highest BCUT2D eigenvalue weighted by molar-refractivity contribution is 9.10. The van der Waals surface area contributed by atoms with Crippen LogP contribution in [0.25, 0.3) is 27.5 Å². The molecular formula is C26H21BrN4O3. The predicted octanol–water partition coefficient (Wildman–Crippen LogP) is 5.91. The Morgan fingerprint density at radius 2 is 1.65 bits per heavy atom. The molecule has 0 bridgehead atoms. The summed E-state index contributed by atoms with van der Waals surface area (Å²) in [7, 11) is 3.18. The molecule has 1 amide bonds. The lowest BCUT2D eigenvalue weighted by molar-refractivity contribution is 0.102. The number of carbonyl (C=O) groups excluding carboxylic acids is 1. The first-order valence-corrected chi connectivity index (χ1v) is 11.4. The molecule has 1 heterocycles. The van der Waals surface area contributed by atoms with Crippen LogP contribution in [0.1, 0.15) is 15.9 Å². The summed E-state index contributed by atoms with van der Waals surface area (Å²) in [6.07, 6.45) is 0. The van der Waals surface area contributed by atoms with E-state index in [2.05, 4.69) is 31.4 Å². The number of halogens is 1. The molecule has 5 aromatic rings. The zero-order chi connectivity index (χ0) is 23.8. The molecule has 4 aromatic carbocycles. The number of fused-ring (bicyclic) bond motifs is 2. The Labute approximate surface area is 204 Å². The van der Waals surface area contributed by atoms with Gasteiger partial charge in [-0.05, 0) is 81.7 Å². The van der Waals surface area contributed by atoms with Gasteiger partial charge in [0.25, 0.3) is 5.91 Å². The number of rotatable bonds is 5. The lowest BCUT2D eigenvalue weighted by Crippen LogP contribution is -2.14. The average Bonchev–Trinajstić information content (AvgIpc) is 3.26. The number of nitrogens with zero attached hydrogens (tertiary/aromatic N) is 3. The van der Waals surface area contributed by atoms with Crippen molar-refractivity contribution < 1.29 is 14.3 Å². The van der Waals surface area contributed by atoms with Gasteiger partial charge >= 0.3 is 0 Å². The number of anilines is 1. The molecule has 0 saturated heterocycles. The van der Waals surface area contributed by atoms with Crippen molar-refractivity contribution in [2.75, 3.05) is 19.5 Å². The predicted molar refractivity (Wildman–Crippen MR) is 136 cm³/mol. The van der Waals surface area contributed by atoms with E-state index >= 15 is 0 Å². The van der Waals surface area contributed by atoms with Crippen LogP contribution in [0.5, 0.6) is 11.5 Å². The maximum atomic E-state index is 13.3. The van der Waals surface area contributed by atoms with Crippen LogP contribution in [-0.4, -0.2) is 35.1 Å². The SMILES string of the molecule is COc1ccc(-n2nc3cc(C)c(NC(=O)c4cc5ccccc5c(Br)c4OC)cc3n2)cc1. The Morgan fingerprint density at radius 3 is 2.35 bits per heavy atom. The summed E-state index contributed by atoms with van der Waals surface area (Å²) in [5.74, 6) is 0.978. The molecular weight excluding hydrogens is 496 g/mol. The van der Waals surface area contributed by atoms with E-state index < -0.39 is 0 Å². The first-order chi connectivity index (χ1) is 16.5. The minimum Gasteiger partial charge on any atom is -0.497 e. The van der Waals surface area contributed by atoms with Crippen LogP contribution in [0.2, 0.25) is 0 Å². The molecule has 0 aliphatic heterocycles. The van der Waals surface area contributed by atoms with E-state index in [0.717, 1.165) is 37.8 Å². The van der Waals surface area contributed by atoms with E-state index in [0.29, 0.717) is 22.5 Å². The van der Waals surface area contributed by atoms with E-state index in [-0.39, 0.29) is 5.91 Å². The molecule has 0 fully saturated rings. The second-order valence-corrected chi connectivity index (χ2v) is 8.58. The molecule has 7 nitrogen and oxygen atoms in total. The standard InChI is InChI=1S/C26H21BrN4O3/c1-15-12-22-23(30-31(29-22)17-8-10-18(33-2)11-9-17)14-21(15)28-26(32)20-13-16-6-4-5-7-19(16)24(27)25(20)34-3/h4-14H,1-3H3,(H,28,32). The fourth-order valence-electron chi connectivity index (χ4n) is 3.88. The number of hydrogen-bond donors (Lipinski definition) is 1. The van der Waals surface area contributed by atoms with E-state index in [1.54, 1.807) is 19.0 Å². The number of benzene rings is 4. The van der Waals surface area contributed by atoms with Crippen LogP contribution < -0.4 is 14.8 Å². The lowest BCUT2D eigenvalue weighted by Gasteiger charge is -2.14. The fourth-order valence-corrected chi connectivity index (χ4v) is 4.61. The molecule has 0 spiro atoms. The second kappa shape index (κ2) is 8.79. The maximum Gasteiger partial charge on any atom is 0.259 e. The van der Waals surface area contributed by atoms with Crippen LogP contribution in [0.3, 0.4) is 0 Å². The summed E-state index contributed by atoms with van der Waals surface area (Å²) in [5, 5.41) is 14.1. The van der Waals surface area contributed by atoms with E-state index in [9.17, 15) is 4.79 Å². The molecule has 0 unspecified atom stereocenters. The topological polar surface area (TPSA) is 78.3 Å². The molecule has 5 rings (SSSR count). The third-order valence-electron chi connectivity index (χ3n) is 5.67. The average molecular weight is 517 g/mol.